The van der Waals surface area contributed by atoms with Gasteiger partial charge in [0.25, 0.3) is 5.91 Å². The number of hydrogen-bond donors (Lipinski definition) is 2. The predicted molar refractivity (Wildman–Crippen MR) is 106 cm³/mol. The number of anilines is 1. The SMILES string of the molecule is C[C@@H](CN(C)C)OC(=O)N1Cc2c(NC(=O)c3ccc(F)cc3F)n[nH]c2C1(C)C. The number of amides is 2. The average molecular weight is 421 g/mol. The van der Waals surface area contributed by atoms with Gasteiger partial charge in [-0.3, -0.25) is 14.8 Å². The van der Waals surface area contributed by atoms with Crippen LogP contribution in [0.1, 0.15) is 42.4 Å². The summed E-state index contributed by atoms with van der Waals surface area (Å²) in [6.45, 7) is 6.22. The third-order valence-electron chi connectivity index (χ3n) is 5.02. The lowest BCUT2D eigenvalue weighted by Gasteiger charge is -2.32. The smallest absolute Gasteiger partial charge is 0.411 e. The number of H-pyrrole nitrogens is 1. The molecule has 0 unspecified atom stereocenters. The summed E-state index contributed by atoms with van der Waals surface area (Å²) >= 11 is 0. The van der Waals surface area contributed by atoms with Gasteiger partial charge in [0.05, 0.1) is 23.3 Å². The number of fused-ring (bicyclic) bond motifs is 1. The van der Waals surface area contributed by atoms with Crippen LogP contribution in [0.4, 0.5) is 19.4 Å². The fourth-order valence-corrected chi connectivity index (χ4v) is 3.55. The number of likely N-dealkylation sites (N-methyl/N-ethyl adjacent to an activating group) is 1. The molecule has 0 saturated heterocycles. The highest BCUT2D eigenvalue weighted by atomic mass is 19.1. The molecule has 1 aliphatic rings. The van der Waals surface area contributed by atoms with Gasteiger partial charge < -0.3 is 15.0 Å². The Labute approximate surface area is 173 Å². The predicted octanol–water partition coefficient (Wildman–Crippen LogP) is 3.08. The largest absolute Gasteiger partial charge is 0.445 e. The van der Waals surface area contributed by atoms with E-state index in [1.54, 1.807) is 0 Å². The fraction of sp³-hybridized carbons (Fsp3) is 0.450. The first-order valence-electron chi connectivity index (χ1n) is 9.47. The molecular weight excluding hydrogens is 396 g/mol. The number of aromatic amines is 1. The molecule has 8 nitrogen and oxygen atoms in total. The van der Waals surface area contributed by atoms with E-state index in [0.717, 1.165) is 12.1 Å². The molecule has 0 radical (unpaired) electrons. The van der Waals surface area contributed by atoms with E-state index in [9.17, 15) is 18.4 Å². The Kier molecular flexibility index (Phi) is 5.80. The summed E-state index contributed by atoms with van der Waals surface area (Å²) < 4.78 is 32.5. The number of carbonyl (C=O) groups is 2. The number of carbonyl (C=O) groups excluding carboxylic acids is 2. The molecule has 2 heterocycles. The van der Waals surface area contributed by atoms with Crippen molar-refractivity contribution in [2.24, 2.45) is 0 Å². The zero-order chi connectivity index (χ0) is 22.2. The highest BCUT2D eigenvalue weighted by Gasteiger charge is 2.45. The number of halogens is 2. The quantitative estimate of drug-likeness (QED) is 0.774. The first kappa shape index (κ1) is 21.7. The van der Waals surface area contributed by atoms with Crippen molar-refractivity contribution in [3.63, 3.8) is 0 Å². The number of rotatable bonds is 5. The van der Waals surface area contributed by atoms with Gasteiger partial charge in [0.1, 0.15) is 17.7 Å². The van der Waals surface area contributed by atoms with Crippen LogP contribution in [0, 0.1) is 11.6 Å². The highest BCUT2D eigenvalue weighted by Crippen LogP contribution is 2.41. The minimum atomic E-state index is -0.972. The molecule has 0 aliphatic carbocycles. The average Bonchev–Trinajstić information content (AvgIpc) is 3.12. The van der Waals surface area contributed by atoms with Gasteiger partial charge in [0, 0.05) is 18.2 Å². The number of aromatic nitrogens is 2. The Hall–Kier alpha value is -3.01. The summed E-state index contributed by atoms with van der Waals surface area (Å²) in [6, 6.07) is 2.70. The summed E-state index contributed by atoms with van der Waals surface area (Å²) in [4.78, 5) is 28.6. The van der Waals surface area contributed by atoms with Crippen molar-refractivity contribution in [1.82, 2.24) is 20.0 Å². The standard InChI is InChI=1S/C20H25F2N5O3/c1-11(9-26(4)5)30-19(29)27-10-14-16(20(27,2)3)24-25-17(14)23-18(28)13-7-6-12(21)8-15(13)22/h6-8,11H,9-10H2,1-5H3,(H2,23,24,25,28)/t11-/m0/s1. The van der Waals surface area contributed by atoms with Gasteiger partial charge in [-0.05, 0) is 47.0 Å². The zero-order valence-corrected chi connectivity index (χ0v) is 17.5. The van der Waals surface area contributed by atoms with E-state index in [-0.39, 0.29) is 24.0 Å². The number of ether oxygens (including phenoxy) is 1. The van der Waals surface area contributed by atoms with Crippen molar-refractivity contribution in [2.75, 3.05) is 26.0 Å². The van der Waals surface area contributed by atoms with E-state index in [1.165, 1.54) is 4.90 Å². The van der Waals surface area contributed by atoms with Crippen LogP contribution in [0.2, 0.25) is 0 Å². The lowest BCUT2D eigenvalue weighted by Crippen LogP contribution is -2.43. The Morgan fingerprint density at radius 2 is 2.07 bits per heavy atom. The molecule has 1 aliphatic heterocycles. The number of hydrogen-bond acceptors (Lipinski definition) is 5. The minimum Gasteiger partial charge on any atom is -0.445 e. The van der Waals surface area contributed by atoms with E-state index >= 15 is 0 Å². The van der Waals surface area contributed by atoms with E-state index in [4.69, 9.17) is 4.74 Å². The van der Waals surface area contributed by atoms with Gasteiger partial charge in [0.15, 0.2) is 5.82 Å². The van der Waals surface area contributed by atoms with Gasteiger partial charge in [-0.15, -0.1) is 0 Å². The first-order valence-corrected chi connectivity index (χ1v) is 9.47. The Morgan fingerprint density at radius 3 is 2.70 bits per heavy atom. The Balaban J connectivity index is 1.77. The van der Waals surface area contributed by atoms with Crippen molar-refractivity contribution in [1.29, 1.82) is 0 Å². The van der Waals surface area contributed by atoms with Crippen molar-refractivity contribution in [3.05, 3.63) is 46.7 Å². The molecule has 1 aromatic heterocycles. The van der Waals surface area contributed by atoms with E-state index < -0.39 is 29.2 Å². The minimum absolute atomic E-state index is 0.161. The second kappa shape index (κ2) is 8.02. The van der Waals surface area contributed by atoms with E-state index in [2.05, 4.69) is 15.5 Å². The third kappa shape index (κ3) is 4.13. The van der Waals surface area contributed by atoms with Crippen molar-refractivity contribution < 1.29 is 23.1 Å². The van der Waals surface area contributed by atoms with Gasteiger partial charge in [-0.1, -0.05) is 0 Å². The molecule has 2 N–H and O–H groups in total. The summed E-state index contributed by atoms with van der Waals surface area (Å²) in [6.07, 6.45) is -0.790. The highest BCUT2D eigenvalue weighted by molar-refractivity contribution is 6.04. The maximum atomic E-state index is 13.9. The Morgan fingerprint density at radius 1 is 1.37 bits per heavy atom. The van der Waals surface area contributed by atoms with Crippen LogP contribution >= 0.6 is 0 Å². The van der Waals surface area contributed by atoms with Crippen LogP contribution < -0.4 is 5.32 Å². The van der Waals surface area contributed by atoms with Crippen molar-refractivity contribution in [2.45, 2.75) is 39.0 Å². The normalized spacial score (nSPS) is 15.8. The van der Waals surface area contributed by atoms with E-state index in [0.29, 0.717) is 23.9 Å². The van der Waals surface area contributed by atoms with Gasteiger partial charge in [-0.2, -0.15) is 5.10 Å². The molecule has 0 saturated carbocycles. The zero-order valence-electron chi connectivity index (χ0n) is 17.5. The van der Waals surface area contributed by atoms with Gasteiger partial charge in [-0.25, -0.2) is 13.6 Å². The molecule has 162 valence electrons. The molecule has 1 aromatic carbocycles. The Bertz CT molecular complexity index is 973. The molecule has 2 amide bonds. The third-order valence-corrected chi connectivity index (χ3v) is 5.02. The maximum Gasteiger partial charge on any atom is 0.411 e. The molecule has 3 rings (SSSR count). The van der Waals surface area contributed by atoms with E-state index in [1.807, 2.05) is 39.8 Å². The molecular formula is C20H25F2N5O3. The van der Waals surface area contributed by atoms with Crippen LogP contribution in [0.25, 0.3) is 0 Å². The molecule has 2 aromatic rings. The van der Waals surface area contributed by atoms with Crippen LogP contribution in [0.5, 0.6) is 0 Å². The lowest BCUT2D eigenvalue weighted by atomic mass is 10.0. The molecule has 10 heteroatoms. The molecule has 0 bridgehead atoms. The van der Waals surface area contributed by atoms with Gasteiger partial charge in [0.2, 0.25) is 0 Å². The topological polar surface area (TPSA) is 90.6 Å². The monoisotopic (exact) mass is 421 g/mol. The maximum absolute atomic E-state index is 13.9. The number of benzene rings is 1. The molecule has 1 atom stereocenters. The molecule has 0 fully saturated rings. The van der Waals surface area contributed by atoms with Crippen molar-refractivity contribution >= 4 is 17.8 Å². The second-order valence-electron chi connectivity index (χ2n) is 8.11. The van der Waals surface area contributed by atoms with Crippen molar-refractivity contribution in [3.8, 4) is 0 Å². The number of nitrogens with one attached hydrogen (secondary N) is 2. The van der Waals surface area contributed by atoms with Crippen LogP contribution in [-0.2, 0) is 16.8 Å². The van der Waals surface area contributed by atoms with Crippen LogP contribution in [0.3, 0.4) is 0 Å². The summed E-state index contributed by atoms with van der Waals surface area (Å²) in [5.74, 6) is -2.33. The van der Waals surface area contributed by atoms with Gasteiger partial charge >= 0.3 is 6.09 Å². The first-order chi connectivity index (χ1) is 14.0. The number of nitrogens with zero attached hydrogens (tertiary/aromatic N) is 3. The summed E-state index contributed by atoms with van der Waals surface area (Å²) in [5.41, 5.74) is 0.198. The lowest BCUT2D eigenvalue weighted by molar-refractivity contribution is 0.0330. The van der Waals surface area contributed by atoms with Crippen LogP contribution in [-0.4, -0.2) is 58.7 Å². The molecule has 0 spiro atoms. The molecule has 30 heavy (non-hydrogen) atoms. The summed E-state index contributed by atoms with van der Waals surface area (Å²) in [7, 11) is 3.78. The van der Waals surface area contributed by atoms with Crippen LogP contribution in [0.15, 0.2) is 18.2 Å². The fourth-order valence-electron chi connectivity index (χ4n) is 3.55. The second-order valence-corrected chi connectivity index (χ2v) is 8.11. The summed E-state index contributed by atoms with van der Waals surface area (Å²) in [5, 5.41) is 9.49.